The molecule has 0 aliphatic rings. The quantitative estimate of drug-likeness (QED) is 0.593. The van der Waals surface area contributed by atoms with Gasteiger partial charge in [0.2, 0.25) is 5.82 Å². The van der Waals surface area contributed by atoms with Gasteiger partial charge in [0.05, 0.1) is 11.1 Å². The normalized spacial score (nSPS) is 12.8. The summed E-state index contributed by atoms with van der Waals surface area (Å²) in [7, 11) is 0. The summed E-state index contributed by atoms with van der Waals surface area (Å²) in [5, 5.41) is 9.87. The van der Waals surface area contributed by atoms with Gasteiger partial charge in [-0.1, -0.05) is 11.6 Å². The maximum Gasteiger partial charge on any atom is 0.408 e. The number of carbonyl (C=O) groups is 1. The molecule has 2 N–H and O–H groups in total. The van der Waals surface area contributed by atoms with Crippen LogP contribution in [0.2, 0.25) is 5.15 Å². The van der Waals surface area contributed by atoms with Gasteiger partial charge in [0.15, 0.2) is 0 Å². The van der Waals surface area contributed by atoms with Crippen LogP contribution < -0.4 is 5.32 Å². The number of nitrogens with zero attached hydrogens (tertiary/aromatic N) is 2. The Labute approximate surface area is 146 Å². The number of hydrogen-bond donors (Lipinski definition) is 2. The molecule has 2 aromatic rings. The van der Waals surface area contributed by atoms with E-state index in [0.29, 0.717) is 6.92 Å². The van der Waals surface area contributed by atoms with Crippen molar-refractivity contribution in [3.8, 4) is 11.1 Å². The lowest BCUT2D eigenvalue weighted by Gasteiger charge is -2.20. The van der Waals surface area contributed by atoms with Gasteiger partial charge in [-0.2, -0.15) is 13.2 Å². The van der Waals surface area contributed by atoms with Gasteiger partial charge < -0.3 is 10.4 Å². The number of carboxylic acids is 1. The lowest BCUT2D eigenvalue weighted by Crippen LogP contribution is -2.34. The van der Waals surface area contributed by atoms with E-state index in [9.17, 15) is 31.1 Å². The minimum absolute atomic E-state index is 0.275. The van der Waals surface area contributed by atoms with E-state index < -0.39 is 63.6 Å². The molecular weight excluding hydrogens is 392 g/mol. The number of nitrogens with one attached hydrogen (secondary N) is 1. The fourth-order valence-electron chi connectivity index (χ4n) is 1.92. The smallest absolute Gasteiger partial charge is 0.408 e. The molecule has 0 saturated carbocycles. The van der Waals surface area contributed by atoms with Gasteiger partial charge in [-0.3, -0.25) is 0 Å². The second-order valence-electron chi connectivity index (χ2n) is 5.02. The van der Waals surface area contributed by atoms with Gasteiger partial charge in [0.25, 0.3) is 0 Å². The summed E-state index contributed by atoms with van der Waals surface area (Å²) in [6, 6.07) is -1.73. The highest BCUT2D eigenvalue weighted by Gasteiger charge is 2.37. The minimum Gasteiger partial charge on any atom is -0.475 e. The molecule has 0 bridgehead atoms. The number of anilines is 1. The molecule has 1 atom stereocenters. The standard InChI is InChI=1S/C14H8ClF6N3O2/c1-4(14(19,20)21)22-11-9(10(15)23-12(24-11)13(25)26)8-6(17)2-5(16)3-7(8)18/h2-4H,1H3,(H,25,26)(H,22,23,24). The number of halogens is 7. The van der Waals surface area contributed by atoms with Crippen LogP contribution in [0.1, 0.15) is 17.5 Å². The molecule has 0 aliphatic heterocycles. The first-order chi connectivity index (χ1) is 11.9. The van der Waals surface area contributed by atoms with Crippen LogP contribution in [0.25, 0.3) is 11.1 Å². The molecule has 1 heterocycles. The van der Waals surface area contributed by atoms with Crippen molar-refractivity contribution in [1.82, 2.24) is 9.97 Å². The van der Waals surface area contributed by atoms with Gasteiger partial charge in [0, 0.05) is 12.1 Å². The molecule has 0 saturated heterocycles. The molecule has 0 fully saturated rings. The zero-order valence-electron chi connectivity index (χ0n) is 12.6. The van der Waals surface area contributed by atoms with Crippen LogP contribution >= 0.6 is 11.6 Å². The van der Waals surface area contributed by atoms with E-state index in [4.69, 9.17) is 16.7 Å². The average molecular weight is 400 g/mol. The summed E-state index contributed by atoms with van der Waals surface area (Å²) in [6.45, 7) is 0.664. The second-order valence-corrected chi connectivity index (χ2v) is 5.38. The van der Waals surface area contributed by atoms with Crippen LogP contribution in [0.4, 0.5) is 32.2 Å². The highest BCUT2D eigenvalue weighted by atomic mass is 35.5. The summed E-state index contributed by atoms with van der Waals surface area (Å²) >= 11 is 5.73. The Hall–Kier alpha value is -2.56. The van der Waals surface area contributed by atoms with E-state index in [2.05, 4.69) is 9.97 Å². The van der Waals surface area contributed by atoms with Gasteiger partial charge in [-0.05, 0) is 6.92 Å². The predicted octanol–water partition coefficient (Wildman–Crippen LogP) is 4.28. The molecule has 1 aromatic heterocycles. The third kappa shape index (κ3) is 3.98. The van der Waals surface area contributed by atoms with E-state index in [1.807, 2.05) is 0 Å². The van der Waals surface area contributed by atoms with Crippen LogP contribution in [0.3, 0.4) is 0 Å². The van der Waals surface area contributed by atoms with Crippen LogP contribution in [-0.4, -0.2) is 33.3 Å². The molecule has 12 heteroatoms. The lowest BCUT2D eigenvalue weighted by molar-refractivity contribution is -0.138. The monoisotopic (exact) mass is 399 g/mol. The SMILES string of the molecule is CC(Nc1nc(C(=O)O)nc(Cl)c1-c1c(F)cc(F)cc1F)C(F)(F)F. The number of aromatic carboxylic acids is 1. The number of alkyl halides is 3. The summed E-state index contributed by atoms with van der Waals surface area (Å²) < 4.78 is 79.5. The van der Waals surface area contributed by atoms with Crippen molar-refractivity contribution >= 4 is 23.4 Å². The van der Waals surface area contributed by atoms with Gasteiger partial charge in [-0.15, -0.1) is 0 Å². The number of hydrogen-bond acceptors (Lipinski definition) is 4. The summed E-state index contributed by atoms with van der Waals surface area (Å²) in [5.41, 5.74) is -1.78. The Kier molecular flexibility index (Phi) is 5.31. The number of benzene rings is 1. The zero-order chi connectivity index (χ0) is 19.8. The van der Waals surface area contributed by atoms with Gasteiger partial charge >= 0.3 is 12.1 Å². The zero-order valence-corrected chi connectivity index (χ0v) is 13.4. The molecule has 0 amide bonds. The first-order valence-electron chi connectivity index (χ1n) is 6.70. The van der Waals surface area contributed by atoms with E-state index in [-0.39, 0.29) is 12.1 Å². The molecule has 1 unspecified atom stereocenters. The largest absolute Gasteiger partial charge is 0.475 e. The van der Waals surface area contributed by atoms with E-state index >= 15 is 0 Å². The molecule has 0 radical (unpaired) electrons. The highest BCUT2D eigenvalue weighted by Crippen LogP contribution is 2.37. The Balaban J connectivity index is 2.75. The molecule has 0 aliphatic carbocycles. The van der Waals surface area contributed by atoms with Crippen LogP contribution in [-0.2, 0) is 0 Å². The Morgan fingerprint density at radius 2 is 1.69 bits per heavy atom. The summed E-state index contributed by atoms with van der Waals surface area (Å²) in [4.78, 5) is 17.6. The Bertz CT molecular complexity index is 851. The molecule has 2 rings (SSSR count). The van der Waals surface area contributed by atoms with Crippen molar-refractivity contribution in [3.05, 3.63) is 40.6 Å². The van der Waals surface area contributed by atoms with Crippen molar-refractivity contribution in [2.75, 3.05) is 5.32 Å². The van der Waals surface area contributed by atoms with Crippen LogP contribution in [0.15, 0.2) is 12.1 Å². The topological polar surface area (TPSA) is 75.1 Å². The van der Waals surface area contributed by atoms with E-state index in [1.54, 1.807) is 5.32 Å². The predicted molar refractivity (Wildman–Crippen MR) is 78.5 cm³/mol. The fourth-order valence-corrected chi connectivity index (χ4v) is 2.19. The Morgan fingerprint density at radius 1 is 1.15 bits per heavy atom. The van der Waals surface area contributed by atoms with E-state index in [1.165, 1.54) is 0 Å². The highest BCUT2D eigenvalue weighted by molar-refractivity contribution is 6.33. The van der Waals surface area contributed by atoms with Crippen molar-refractivity contribution in [2.45, 2.75) is 19.1 Å². The van der Waals surface area contributed by atoms with Crippen molar-refractivity contribution in [1.29, 1.82) is 0 Å². The summed E-state index contributed by atoms with van der Waals surface area (Å²) in [6.07, 6.45) is -4.79. The third-order valence-corrected chi connectivity index (χ3v) is 3.43. The summed E-state index contributed by atoms with van der Waals surface area (Å²) in [5.74, 6) is -7.87. The van der Waals surface area contributed by atoms with Crippen LogP contribution in [0.5, 0.6) is 0 Å². The minimum atomic E-state index is -4.79. The lowest BCUT2D eigenvalue weighted by atomic mass is 10.1. The van der Waals surface area contributed by atoms with E-state index in [0.717, 1.165) is 0 Å². The van der Waals surface area contributed by atoms with Gasteiger partial charge in [-0.25, -0.2) is 27.9 Å². The third-order valence-electron chi connectivity index (χ3n) is 3.16. The molecular formula is C14H8ClF6N3O2. The van der Waals surface area contributed by atoms with Crippen LogP contribution in [0, 0.1) is 17.5 Å². The van der Waals surface area contributed by atoms with Crippen molar-refractivity contribution in [3.63, 3.8) is 0 Å². The first kappa shape index (κ1) is 19.8. The Morgan fingerprint density at radius 3 is 2.15 bits per heavy atom. The molecule has 140 valence electrons. The molecule has 5 nitrogen and oxygen atoms in total. The maximum atomic E-state index is 14.0. The number of aromatic nitrogens is 2. The van der Waals surface area contributed by atoms with Crippen molar-refractivity contribution in [2.24, 2.45) is 0 Å². The molecule has 0 spiro atoms. The average Bonchev–Trinajstić information content (AvgIpc) is 2.47. The molecule has 26 heavy (non-hydrogen) atoms. The second kappa shape index (κ2) is 6.98. The number of rotatable bonds is 4. The first-order valence-corrected chi connectivity index (χ1v) is 7.08. The number of carboxylic acid groups (broad SMARTS) is 1. The maximum absolute atomic E-state index is 14.0. The van der Waals surface area contributed by atoms with Crippen molar-refractivity contribution < 1.29 is 36.2 Å². The molecule has 1 aromatic carbocycles. The fraction of sp³-hybridized carbons (Fsp3) is 0.214. The van der Waals surface area contributed by atoms with Gasteiger partial charge in [0.1, 0.15) is 34.5 Å².